The van der Waals surface area contributed by atoms with Crippen molar-refractivity contribution in [3.63, 3.8) is 0 Å². The van der Waals surface area contributed by atoms with Crippen LogP contribution in [-0.2, 0) is 0 Å². The average molecular weight is 125 g/mol. The predicted octanol–water partition coefficient (Wildman–Crippen LogP) is 2.44. The van der Waals surface area contributed by atoms with Gasteiger partial charge in [0.05, 0.1) is 0 Å². The molecule has 0 bridgehead atoms. The van der Waals surface area contributed by atoms with Gasteiger partial charge in [-0.3, -0.25) is 0 Å². The van der Waals surface area contributed by atoms with Crippen LogP contribution in [0.25, 0.3) is 0 Å². The van der Waals surface area contributed by atoms with E-state index in [1.807, 2.05) is 0 Å². The number of hydrogen-bond donors (Lipinski definition) is 0. The van der Waals surface area contributed by atoms with Gasteiger partial charge < -0.3 is 0 Å². The molecule has 1 aromatic heterocycles. The third kappa shape index (κ3) is 0.809. The third-order valence-electron chi connectivity index (χ3n) is 1.56. The van der Waals surface area contributed by atoms with E-state index in [-0.39, 0.29) is 0 Å². The largest absolute Gasteiger partial charge is 0.128 e. The van der Waals surface area contributed by atoms with Gasteiger partial charge in [0.1, 0.15) is 0 Å². The maximum Gasteiger partial charge on any atom is 0.00562 e. The SMILES string of the molecule is Cc1[c][pH]c(C)c1C. The highest BCUT2D eigenvalue weighted by Crippen LogP contribution is 2.22. The second-order valence-electron chi connectivity index (χ2n) is 2.12. The van der Waals surface area contributed by atoms with Gasteiger partial charge in [0.15, 0.2) is 0 Å². The Hall–Kier alpha value is -0.220. The van der Waals surface area contributed by atoms with E-state index in [9.17, 15) is 0 Å². The monoisotopic (exact) mass is 125 g/mol. The van der Waals surface area contributed by atoms with E-state index in [0.717, 1.165) is 8.19 Å². The highest BCUT2D eigenvalue weighted by Gasteiger charge is 1.94. The molecule has 1 aromatic rings. The molecule has 0 N–H and O–H groups in total. The molecular weight excluding hydrogens is 115 g/mol. The molecule has 0 aromatic carbocycles. The molecule has 43 valence electrons. The minimum atomic E-state index is 0.836. The van der Waals surface area contributed by atoms with Crippen LogP contribution in [0.2, 0.25) is 0 Å². The summed E-state index contributed by atoms with van der Waals surface area (Å²) in [5.74, 6) is 3.29. The van der Waals surface area contributed by atoms with Crippen LogP contribution in [0.5, 0.6) is 0 Å². The summed E-state index contributed by atoms with van der Waals surface area (Å²) in [5, 5.41) is 1.50. The van der Waals surface area contributed by atoms with Gasteiger partial charge >= 0.3 is 0 Å². The van der Waals surface area contributed by atoms with E-state index in [1.165, 1.54) is 16.4 Å². The number of hydrogen-bond acceptors (Lipinski definition) is 0. The van der Waals surface area contributed by atoms with E-state index in [0.29, 0.717) is 0 Å². The second-order valence-corrected chi connectivity index (χ2v) is 3.38. The molecule has 0 spiro atoms. The van der Waals surface area contributed by atoms with Crippen LogP contribution in [0.4, 0.5) is 0 Å². The molecule has 1 heterocycles. The lowest BCUT2D eigenvalue weighted by Crippen LogP contribution is -1.70. The molecule has 1 radical (unpaired) electrons. The molecule has 0 aliphatic carbocycles. The van der Waals surface area contributed by atoms with Crippen LogP contribution < -0.4 is 0 Å². The van der Waals surface area contributed by atoms with Crippen LogP contribution in [0.15, 0.2) is 0 Å². The highest BCUT2D eigenvalue weighted by molar-refractivity contribution is 7.30. The van der Waals surface area contributed by atoms with Gasteiger partial charge in [0.2, 0.25) is 0 Å². The fourth-order valence-corrected chi connectivity index (χ4v) is 1.59. The van der Waals surface area contributed by atoms with Crippen LogP contribution >= 0.6 is 8.19 Å². The zero-order valence-corrected chi connectivity index (χ0v) is 6.50. The van der Waals surface area contributed by atoms with Crippen LogP contribution in [0.1, 0.15) is 16.4 Å². The van der Waals surface area contributed by atoms with Gasteiger partial charge in [-0.05, 0) is 37.2 Å². The summed E-state index contributed by atoms with van der Waals surface area (Å²) in [5.41, 5.74) is 2.80. The van der Waals surface area contributed by atoms with Gasteiger partial charge in [-0.2, -0.15) is 0 Å². The quantitative estimate of drug-likeness (QED) is 0.499. The maximum atomic E-state index is 3.29. The molecule has 0 aliphatic heterocycles. The van der Waals surface area contributed by atoms with Crippen molar-refractivity contribution in [3.05, 3.63) is 22.2 Å². The first-order valence-corrected chi connectivity index (χ1v) is 3.75. The third-order valence-corrected chi connectivity index (χ3v) is 2.81. The summed E-state index contributed by atoms with van der Waals surface area (Å²) in [4.78, 5) is 0. The van der Waals surface area contributed by atoms with Crippen LogP contribution in [0, 0.1) is 26.6 Å². The Kier molecular flexibility index (Phi) is 1.44. The zero-order chi connectivity index (χ0) is 6.15. The van der Waals surface area contributed by atoms with Crippen molar-refractivity contribution < 1.29 is 0 Å². The van der Waals surface area contributed by atoms with Crippen LogP contribution in [-0.4, -0.2) is 0 Å². The van der Waals surface area contributed by atoms with Crippen molar-refractivity contribution in [1.29, 1.82) is 0 Å². The minimum absolute atomic E-state index is 0.836. The van der Waals surface area contributed by atoms with Crippen molar-refractivity contribution in [3.8, 4) is 0 Å². The van der Waals surface area contributed by atoms with E-state index < -0.39 is 0 Å². The fraction of sp³-hybridized carbons (Fsp3) is 0.429. The molecule has 0 saturated heterocycles. The summed E-state index contributed by atoms with van der Waals surface area (Å²) in [6.45, 7) is 6.47. The van der Waals surface area contributed by atoms with Crippen molar-refractivity contribution >= 4 is 8.19 Å². The molecular formula is C7H10P. The molecule has 0 amide bonds. The molecule has 0 saturated carbocycles. The molecule has 0 nitrogen and oxygen atoms in total. The number of rotatable bonds is 0. The molecule has 8 heavy (non-hydrogen) atoms. The zero-order valence-electron chi connectivity index (χ0n) is 5.50. The minimum Gasteiger partial charge on any atom is -0.128 e. The lowest BCUT2D eigenvalue weighted by molar-refractivity contribution is 1.35. The molecule has 1 rings (SSSR count). The van der Waals surface area contributed by atoms with Crippen molar-refractivity contribution in [2.75, 3.05) is 0 Å². The first-order valence-electron chi connectivity index (χ1n) is 2.75. The molecule has 1 heteroatoms. The smallest absolute Gasteiger partial charge is 0.00562 e. The lowest BCUT2D eigenvalue weighted by atomic mass is 10.2. The fourth-order valence-electron chi connectivity index (χ4n) is 0.656. The van der Waals surface area contributed by atoms with Crippen LogP contribution in [0.3, 0.4) is 0 Å². The molecule has 1 atom stereocenters. The molecule has 0 fully saturated rings. The van der Waals surface area contributed by atoms with Gasteiger partial charge in [-0.1, -0.05) is 0 Å². The van der Waals surface area contributed by atoms with Crippen molar-refractivity contribution in [2.24, 2.45) is 0 Å². The van der Waals surface area contributed by atoms with Gasteiger partial charge in [-0.25, -0.2) is 0 Å². The Bertz CT molecular complexity index is 167. The maximum absolute atomic E-state index is 3.29. The Labute approximate surface area is 52.0 Å². The van der Waals surface area contributed by atoms with E-state index in [2.05, 4.69) is 26.6 Å². The van der Waals surface area contributed by atoms with E-state index in [1.54, 1.807) is 0 Å². The Balaban J connectivity index is 3.19. The Morgan fingerprint density at radius 2 is 1.88 bits per heavy atom. The molecule has 1 unspecified atom stereocenters. The van der Waals surface area contributed by atoms with Crippen molar-refractivity contribution in [1.82, 2.24) is 0 Å². The lowest BCUT2D eigenvalue weighted by Gasteiger charge is -1.87. The summed E-state index contributed by atoms with van der Waals surface area (Å²) in [6.07, 6.45) is 0. The first-order chi connectivity index (χ1) is 3.72. The molecule has 0 aliphatic rings. The van der Waals surface area contributed by atoms with Gasteiger partial charge in [-0.15, -0.1) is 8.19 Å². The summed E-state index contributed by atoms with van der Waals surface area (Å²) < 4.78 is 0. The summed E-state index contributed by atoms with van der Waals surface area (Å²) in [6, 6.07) is 0. The van der Waals surface area contributed by atoms with E-state index in [4.69, 9.17) is 0 Å². The normalized spacial score (nSPS) is 10.9. The summed E-state index contributed by atoms with van der Waals surface area (Å²) in [7, 11) is 0.836. The highest BCUT2D eigenvalue weighted by atomic mass is 31.0. The Morgan fingerprint density at radius 3 is 2.00 bits per heavy atom. The summed E-state index contributed by atoms with van der Waals surface area (Å²) >= 11 is 0. The van der Waals surface area contributed by atoms with Gasteiger partial charge in [0.25, 0.3) is 0 Å². The average Bonchev–Trinajstić information content (AvgIpc) is 1.98. The first kappa shape index (κ1) is 5.91. The van der Waals surface area contributed by atoms with Crippen molar-refractivity contribution in [2.45, 2.75) is 20.8 Å². The van der Waals surface area contributed by atoms with Gasteiger partial charge in [0, 0.05) is 5.80 Å². The topological polar surface area (TPSA) is 0 Å². The second kappa shape index (κ2) is 1.95. The number of aryl methyl sites for hydroxylation is 2. The van der Waals surface area contributed by atoms with E-state index >= 15 is 0 Å². The predicted molar refractivity (Wildman–Crippen MR) is 39.0 cm³/mol. The Morgan fingerprint density at radius 1 is 1.25 bits per heavy atom. The standard InChI is InChI=1S/C7H10P/c1-5-4-8-7(3)6(5)2/h8H,1-3H3.